The Bertz CT molecular complexity index is 373. The van der Waals surface area contributed by atoms with Crippen molar-refractivity contribution >= 4 is 0 Å². The Balaban J connectivity index is 2.52. The van der Waals surface area contributed by atoms with Gasteiger partial charge in [0.1, 0.15) is 5.75 Å². The Kier molecular flexibility index (Phi) is 7.03. The maximum absolute atomic E-state index is 5.81. The molecule has 0 aliphatic rings. The van der Waals surface area contributed by atoms with Gasteiger partial charge in [-0.1, -0.05) is 26.0 Å². The summed E-state index contributed by atoms with van der Waals surface area (Å²) in [5.74, 6) is 2.07. The van der Waals surface area contributed by atoms with E-state index in [1.807, 2.05) is 26.0 Å². The Morgan fingerprint density at radius 3 is 2.10 bits per heavy atom. The van der Waals surface area contributed by atoms with E-state index in [0.717, 1.165) is 18.8 Å². The zero-order chi connectivity index (χ0) is 15.1. The minimum atomic E-state index is 0.216. The second-order valence-corrected chi connectivity index (χ2v) is 6.11. The Hall–Kier alpha value is -1.06. The smallest absolute Gasteiger partial charge is 0.119 e. The topological polar surface area (TPSA) is 47.3 Å². The highest BCUT2D eigenvalue weighted by atomic mass is 16.5. The lowest BCUT2D eigenvalue weighted by Crippen LogP contribution is -2.33. The van der Waals surface area contributed by atoms with Crippen molar-refractivity contribution in [2.24, 2.45) is 17.6 Å². The van der Waals surface area contributed by atoms with Crippen LogP contribution in [0.5, 0.6) is 5.75 Å². The van der Waals surface area contributed by atoms with Gasteiger partial charge in [0.25, 0.3) is 0 Å². The highest BCUT2D eigenvalue weighted by Crippen LogP contribution is 2.19. The predicted octanol–water partition coefficient (Wildman–Crippen LogP) is 3.36. The van der Waals surface area contributed by atoms with E-state index in [-0.39, 0.29) is 6.10 Å². The molecule has 0 aromatic heterocycles. The Morgan fingerprint density at radius 1 is 1.05 bits per heavy atom. The van der Waals surface area contributed by atoms with Gasteiger partial charge in [0.15, 0.2) is 0 Å². The quantitative estimate of drug-likeness (QED) is 0.766. The van der Waals surface area contributed by atoms with Gasteiger partial charge in [-0.3, -0.25) is 0 Å². The number of ether oxygens (including phenoxy) is 1. The molecule has 2 atom stereocenters. The molecular weight excluding hydrogens is 248 g/mol. The molecule has 0 radical (unpaired) electrons. The van der Waals surface area contributed by atoms with Crippen molar-refractivity contribution < 1.29 is 4.74 Å². The van der Waals surface area contributed by atoms with Gasteiger partial charge >= 0.3 is 0 Å². The van der Waals surface area contributed by atoms with Crippen LogP contribution in [0.2, 0.25) is 0 Å². The monoisotopic (exact) mass is 278 g/mol. The molecular formula is C17H30N2O. The highest BCUT2D eigenvalue weighted by molar-refractivity contribution is 5.29. The van der Waals surface area contributed by atoms with Crippen LogP contribution in [0.25, 0.3) is 0 Å². The van der Waals surface area contributed by atoms with Gasteiger partial charge in [-0.2, -0.15) is 0 Å². The van der Waals surface area contributed by atoms with E-state index in [1.165, 1.54) is 5.56 Å². The molecule has 114 valence electrons. The largest absolute Gasteiger partial charge is 0.491 e. The Morgan fingerprint density at radius 2 is 1.65 bits per heavy atom. The third-order valence-corrected chi connectivity index (χ3v) is 3.68. The highest BCUT2D eigenvalue weighted by Gasteiger charge is 2.13. The average Bonchev–Trinajstić information content (AvgIpc) is 2.39. The predicted molar refractivity (Wildman–Crippen MR) is 86.0 cm³/mol. The van der Waals surface area contributed by atoms with Crippen LogP contribution in [0.4, 0.5) is 0 Å². The molecule has 0 saturated carbocycles. The first-order valence-electron chi connectivity index (χ1n) is 7.64. The molecule has 20 heavy (non-hydrogen) atoms. The number of rotatable bonds is 8. The molecule has 1 rings (SSSR count). The number of benzene rings is 1. The molecule has 1 aromatic rings. The van der Waals surface area contributed by atoms with Gasteiger partial charge in [-0.15, -0.1) is 0 Å². The van der Waals surface area contributed by atoms with Gasteiger partial charge in [0.05, 0.1) is 6.10 Å². The number of hydrogen-bond donors (Lipinski definition) is 2. The molecule has 3 N–H and O–H groups in total. The van der Waals surface area contributed by atoms with Crippen LogP contribution in [-0.4, -0.2) is 19.2 Å². The normalized spacial score (nSPS) is 14.6. The second kappa shape index (κ2) is 8.28. The van der Waals surface area contributed by atoms with Crippen LogP contribution < -0.4 is 15.8 Å². The van der Waals surface area contributed by atoms with Crippen LogP contribution in [0, 0.1) is 11.8 Å². The maximum Gasteiger partial charge on any atom is 0.119 e. The molecule has 3 heteroatoms. The van der Waals surface area contributed by atoms with Crippen LogP contribution in [0.15, 0.2) is 24.3 Å². The summed E-state index contributed by atoms with van der Waals surface area (Å²) in [6, 6.07) is 8.66. The van der Waals surface area contributed by atoms with Crippen molar-refractivity contribution in [3.63, 3.8) is 0 Å². The van der Waals surface area contributed by atoms with Gasteiger partial charge < -0.3 is 15.8 Å². The number of hydrogen-bond acceptors (Lipinski definition) is 3. The zero-order valence-corrected chi connectivity index (χ0v) is 13.5. The summed E-state index contributed by atoms with van der Waals surface area (Å²) in [6.07, 6.45) is 0.216. The van der Waals surface area contributed by atoms with Gasteiger partial charge in [-0.05, 0) is 63.4 Å². The molecule has 0 amide bonds. The summed E-state index contributed by atoms with van der Waals surface area (Å²) in [6.45, 7) is 12.4. The summed E-state index contributed by atoms with van der Waals surface area (Å²) in [4.78, 5) is 0. The molecule has 0 heterocycles. The van der Waals surface area contributed by atoms with Gasteiger partial charge in [0.2, 0.25) is 0 Å². The molecule has 1 aromatic carbocycles. The minimum Gasteiger partial charge on any atom is -0.491 e. The number of nitrogens with one attached hydrogen (secondary N) is 1. The van der Waals surface area contributed by atoms with E-state index in [1.54, 1.807) is 0 Å². The third-order valence-electron chi connectivity index (χ3n) is 3.68. The average molecular weight is 278 g/mol. The van der Waals surface area contributed by atoms with Crippen LogP contribution in [0.3, 0.4) is 0 Å². The third kappa shape index (κ3) is 5.51. The van der Waals surface area contributed by atoms with Crippen molar-refractivity contribution in [2.75, 3.05) is 13.1 Å². The first-order chi connectivity index (χ1) is 9.43. The number of nitrogens with two attached hydrogens (primary N) is 1. The van der Waals surface area contributed by atoms with Crippen LogP contribution in [-0.2, 0) is 0 Å². The molecule has 2 unspecified atom stereocenters. The van der Waals surface area contributed by atoms with Crippen molar-refractivity contribution in [2.45, 2.75) is 46.8 Å². The fourth-order valence-corrected chi connectivity index (χ4v) is 2.14. The lowest BCUT2D eigenvalue weighted by Gasteiger charge is -2.22. The standard InChI is InChI=1S/C17H30N2O/c1-12(2)16(10-18)11-19-14(5)15-6-8-17(9-7-15)20-13(3)4/h6-9,12-14,16,19H,10-11,18H2,1-5H3. The first-order valence-corrected chi connectivity index (χ1v) is 7.64. The summed E-state index contributed by atoms with van der Waals surface area (Å²) in [7, 11) is 0. The summed E-state index contributed by atoms with van der Waals surface area (Å²) >= 11 is 0. The van der Waals surface area contributed by atoms with Crippen molar-refractivity contribution in [3.05, 3.63) is 29.8 Å². The molecule has 0 aliphatic carbocycles. The van der Waals surface area contributed by atoms with Crippen LogP contribution in [0.1, 0.15) is 46.2 Å². The molecule has 0 spiro atoms. The first kappa shape index (κ1) is 17.0. The van der Waals surface area contributed by atoms with E-state index >= 15 is 0 Å². The summed E-state index contributed by atoms with van der Waals surface area (Å²) < 4.78 is 5.66. The zero-order valence-electron chi connectivity index (χ0n) is 13.5. The fraction of sp³-hybridized carbons (Fsp3) is 0.647. The molecule has 0 bridgehead atoms. The van der Waals surface area contributed by atoms with Gasteiger partial charge in [-0.25, -0.2) is 0 Å². The maximum atomic E-state index is 5.81. The lowest BCUT2D eigenvalue weighted by molar-refractivity contribution is 0.242. The van der Waals surface area contributed by atoms with Crippen LogP contribution >= 0.6 is 0 Å². The molecule has 0 saturated heterocycles. The van der Waals surface area contributed by atoms with Crippen molar-refractivity contribution in [3.8, 4) is 5.75 Å². The van der Waals surface area contributed by atoms with Crippen molar-refractivity contribution in [1.29, 1.82) is 0 Å². The van der Waals surface area contributed by atoms with E-state index in [2.05, 4.69) is 38.2 Å². The van der Waals surface area contributed by atoms with E-state index < -0.39 is 0 Å². The second-order valence-electron chi connectivity index (χ2n) is 6.11. The molecule has 0 aliphatic heterocycles. The molecule has 0 fully saturated rings. The van der Waals surface area contributed by atoms with E-state index in [4.69, 9.17) is 10.5 Å². The lowest BCUT2D eigenvalue weighted by atomic mass is 9.95. The van der Waals surface area contributed by atoms with Crippen molar-refractivity contribution in [1.82, 2.24) is 5.32 Å². The SMILES string of the molecule is CC(C)Oc1ccc(C(C)NCC(CN)C(C)C)cc1. The fourth-order valence-electron chi connectivity index (χ4n) is 2.14. The Labute approximate surface area is 123 Å². The minimum absolute atomic E-state index is 0.216. The molecule has 3 nitrogen and oxygen atoms in total. The summed E-state index contributed by atoms with van der Waals surface area (Å²) in [5.41, 5.74) is 7.09. The summed E-state index contributed by atoms with van der Waals surface area (Å²) in [5, 5.41) is 3.57. The van der Waals surface area contributed by atoms with E-state index in [0.29, 0.717) is 17.9 Å². The van der Waals surface area contributed by atoms with E-state index in [9.17, 15) is 0 Å². The van der Waals surface area contributed by atoms with Gasteiger partial charge in [0, 0.05) is 6.04 Å².